The molecule has 5 nitrogen and oxygen atoms in total. The van der Waals surface area contributed by atoms with E-state index >= 15 is 0 Å². The second-order valence-electron chi connectivity index (χ2n) is 6.53. The number of aliphatic imine (C=N–C) groups is 1. The van der Waals surface area contributed by atoms with Gasteiger partial charge in [-0.1, -0.05) is 26.5 Å². The van der Waals surface area contributed by atoms with Crippen LogP contribution in [0.25, 0.3) is 11.2 Å². The predicted octanol–water partition coefficient (Wildman–Crippen LogP) is 3.61. The van der Waals surface area contributed by atoms with Crippen molar-refractivity contribution < 1.29 is 0 Å². The van der Waals surface area contributed by atoms with Gasteiger partial charge in [0.2, 0.25) is 0 Å². The normalized spacial score (nSPS) is 12.7. The van der Waals surface area contributed by atoms with Crippen molar-refractivity contribution in [2.24, 2.45) is 10.7 Å². The molecule has 0 atom stereocenters. The van der Waals surface area contributed by atoms with E-state index in [1.807, 2.05) is 43.5 Å². The number of aromatic nitrogens is 2. The lowest BCUT2D eigenvalue weighted by atomic mass is 10.0. The number of nitrogens with one attached hydrogen (secondary N) is 1. The van der Waals surface area contributed by atoms with Crippen molar-refractivity contribution in [2.45, 2.75) is 46.6 Å². The predicted molar refractivity (Wildman–Crippen MR) is 102 cm³/mol. The summed E-state index contributed by atoms with van der Waals surface area (Å²) in [6, 6.07) is 6.40. The van der Waals surface area contributed by atoms with Crippen LogP contribution in [0.2, 0.25) is 0 Å². The zero-order chi connectivity index (χ0) is 17.9. The van der Waals surface area contributed by atoms with Crippen molar-refractivity contribution in [2.75, 3.05) is 0 Å². The standard InChI is InChI=1S/C19H27N5/c1-12(2)19-18(17-9-7-8-14(5)24(17)23-19)16(20)10-11-21-15(6)22-13(3)4/h7-13,22H,6,20H2,1-5H3/b16-10-,21-11-. The van der Waals surface area contributed by atoms with Crippen LogP contribution in [0.3, 0.4) is 0 Å². The topological polar surface area (TPSA) is 67.7 Å². The summed E-state index contributed by atoms with van der Waals surface area (Å²) in [7, 11) is 0. The third-order valence-electron chi connectivity index (χ3n) is 3.65. The summed E-state index contributed by atoms with van der Waals surface area (Å²) in [6.45, 7) is 14.2. The van der Waals surface area contributed by atoms with Gasteiger partial charge in [0, 0.05) is 29.2 Å². The Balaban J connectivity index is 2.41. The quantitative estimate of drug-likeness (QED) is 0.797. The van der Waals surface area contributed by atoms with Gasteiger partial charge in [-0.2, -0.15) is 5.10 Å². The third kappa shape index (κ3) is 3.85. The first-order valence-electron chi connectivity index (χ1n) is 8.25. The van der Waals surface area contributed by atoms with Crippen molar-refractivity contribution in [1.82, 2.24) is 14.9 Å². The minimum atomic E-state index is 0.278. The highest BCUT2D eigenvalue weighted by atomic mass is 15.2. The lowest BCUT2D eigenvalue weighted by Crippen LogP contribution is -2.20. The number of pyridine rings is 1. The van der Waals surface area contributed by atoms with Crippen molar-refractivity contribution in [3.63, 3.8) is 0 Å². The van der Waals surface area contributed by atoms with E-state index in [0.717, 1.165) is 22.5 Å². The van der Waals surface area contributed by atoms with E-state index < -0.39 is 0 Å². The number of allylic oxidation sites excluding steroid dienone is 1. The highest BCUT2D eigenvalue weighted by Gasteiger charge is 2.17. The summed E-state index contributed by atoms with van der Waals surface area (Å²) in [4.78, 5) is 4.27. The Kier molecular flexibility index (Phi) is 5.44. The first-order chi connectivity index (χ1) is 11.3. The summed E-state index contributed by atoms with van der Waals surface area (Å²) >= 11 is 0. The molecule has 0 amide bonds. The molecule has 0 aliphatic carbocycles. The van der Waals surface area contributed by atoms with Crippen LogP contribution in [-0.4, -0.2) is 21.9 Å². The molecule has 0 saturated heterocycles. The van der Waals surface area contributed by atoms with Gasteiger partial charge in [-0.3, -0.25) is 0 Å². The molecule has 5 heteroatoms. The van der Waals surface area contributed by atoms with Gasteiger partial charge in [0.05, 0.1) is 11.2 Å². The molecule has 0 aromatic carbocycles. The molecule has 0 radical (unpaired) electrons. The molecular weight excluding hydrogens is 298 g/mol. The maximum absolute atomic E-state index is 6.35. The van der Waals surface area contributed by atoms with E-state index in [2.05, 4.69) is 30.7 Å². The molecule has 0 unspecified atom stereocenters. The highest BCUT2D eigenvalue weighted by Crippen LogP contribution is 2.27. The fourth-order valence-corrected chi connectivity index (χ4v) is 2.58. The van der Waals surface area contributed by atoms with Gasteiger partial charge < -0.3 is 11.1 Å². The zero-order valence-corrected chi connectivity index (χ0v) is 15.2. The van der Waals surface area contributed by atoms with Gasteiger partial charge >= 0.3 is 0 Å². The van der Waals surface area contributed by atoms with Gasteiger partial charge in [0.25, 0.3) is 0 Å². The number of nitrogens with zero attached hydrogens (tertiary/aromatic N) is 3. The molecule has 0 bridgehead atoms. The molecule has 24 heavy (non-hydrogen) atoms. The van der Waals surface area contributed by atoms with Gasteiger partial charge in [-0.05, 0) is 44.9 Å². The van der Waals surface area contributed by atoms with Gasteiger partial charge in [-0.15, -0.1) is 0 Å². The smallest absolute Gasteiger partial charge is 0.118 e. The molecule has 2 aromatic rings. The Morgan fingerprint density at radius 3 is 2.67 bits per heavy atom. The summed E-state index contributed by atoms with van der Waals surface area (Å²) in [5, 5.41) is 7.88. The van der Waals surface area contributed by atoms with E-state index in [1.54, 1.807) is 12.3 Å². The Labute approximate surface area is 144 Å². The molecule has 0 spiro atoms. The number of hydrogen-bond donors (Lipinski definition) is 2. The molecule has 2 heterocycles. The van der Waals surface area contributed by atoms with Gasteiger partial charge in [0.1, 0.15) is 5.82 Å². The molecule has 0 saturated carbocycles. The van der Waals surface area contributed by atoms with Gasteiger partial charge in [0.15, 0.2) is 0 Å². The fraction of sp³-hybridized carbons (Fsp3) is 0.368. The Hall–Kier alpha value is -2.56. The minimum Gasteiger partial charge on any atom is -0.398 e. The van der Waals surface area contributed by atoms with Crippen LogP contribution in [-0.2, 0) is 0 Å². The molecule has 0 fully saturated rings. The number of fused-ring (bicyclic) bond motifs is 1. The molecule has 2 rings (SSSR count). The monoisotopic (exact) mass is 325 g/mol. The van der Waals surface area contributed by atoms with Crippen molar-refractivity contribution in [1.29, 1.82) is 0 Å². The molecule has 0 aliphatic rings. The first-order valence-corrected chi connectivity index (χ1v) is 8.25. The number of aryl methyl sites for hydroxylation is 1. The Bertz CT molecular complexity index is 793. The average molecular weight is 325 g/mol. The maximum atomic E-state index is 6.35. The molecule has 128 valence electrons. The lowest BCUT2D eigenvalue weighted by Gasteiger charge is -2.08. The molecule has 0 aliphatic heterocycles. The van der Waals surface area contributed by atoms with Crippen molar-refractivity contribution in [3.8, 4) is 0 Å². The van der Waals surface area contributed by atoms with E-state index in [4.69, 9.17) is 10.8 Å². The van der Waals surface area contributed by atoms with Crippen LogP contribution in [0.5, 0.6) is 0 Å². The highest BCUT2D eigenvalue weighted by molar-refractivity contribution is 5.89. The fourth-order valence-electron chi connectivity index (χ4n) is 2.58. The lowest BCUT2D eigenvalue weighted by molar-refractivity contribution is 0.666. The van der Waals surface area contributed by atoms with Crippen molar-refractivity contribution in [3.05, 3.63) is 53.6 Å². The van der Waals surface area contributed by atoms with Crippen LogP contribution in [0.4, 0.5) is 0 Å². The second-order valence-corrected chi connectivity index (χ2v) is 6.53. The summed E-state index contributed by atoms with van der Waals surface area (Å²) in [5.41, 5.74) is 11.1. The Morgan fingerprint density at radius 1 is 1.33 bits per heavy atom. The molecular formula is C19H27N5. The van der Waals surface area contributed by atoms with Crippen LogP contribution < -0.4 is 11.1 Å². The largest absolute Gasteiger partial charge is 0.398 e. The van der Waals surface area contributed by atoms with E-state index in [0.29, 0.717) is 17.6 Å². The number of rotatable bonds is 6. The first kappa shape index (κ1) is 17.8. The summed E-state index contributed by atoms with van der Waals surface area (Å²) in [6.07, 6.45) is 3.48. The SMILES string of the molecule is C=C(/N=C\C=C(/N)c1c(C(C)C)nn2c(C)cccc12)NC(C)C. The maximum Gasteiger partial charge on any atom is 0.118 e. The van der Waals surface area contributed by atoms with E-state index in [9.17, 15) is 0 Å². The molecule has 2 aromatic heterocycles. The van der Waals surface area contributed by atoms with Crippen LogP contribution in [0, 0.1) is 6.92 Å². The summed E-state index contributed by atoms with van der Waals surface area (Å²) < 4.78 is 1.95. The van der Waals surface area contributed by atoms with Crippen molar-refractivity contribution >= 4 is 17.4 Å². The minimum absolute atomic E-state index is 0.278. The second kappa shape index (κ2) is 7.34. The van der Waals surface area contributed by atoms with Crippen LogP contribution >= 0.6 is 0 Å². The van der Waals surface area contributed by atoms with E-state index in [1.165, 1.54) is 0 Å². The van der Waals surface area contributed by atoms with E-state index in [-0.39, 0.29) is 5.92 Å². The Morgan fingerprint density at radius 2 is 2.04 bits per heavy atom. The molecule has 3 N–H and O–H groups in total. The van der Waals surface area contributed by atoms with Gasteiger partial charge in [-0.25, -0.2) is 9.51 Å². The summed E-state index contributed by atoms with van der Waals surface area (Å²) in [5.74, 6) is 0.898. The number of hydrogen-bond acceptors (Lipinski definition) is 4. The number of nitrogens with two attached hydrogens (primary N) is 1. The zero-order valence-electron chi connectivity index (χ0n) is 15.2. The third-order valence-corrected chi connectivity index (χ3v) is 3.65. The average Bonchev–Trinajstić information content (AvgIpc) is 2.87. The van der Waals surface area contributed by atoms with Crippen LogP contribution in [0.1, 0.15) is 50.6 Å². The van der Waals surface area contributed by atoms with Crippen LogP contribution in [0.15, 0.2) is 41.7 Å².